The van der Waals surface area contributed by atoms with Crippen LogP contribution in [0, 0.1) is 5.82 Å². The maximum absolute atomic E-state index is 13.8. The molecule has 1 aromatic rings. The van der Waals surface area contributed by atoms with Gasteiger partial charge in [0.25, 0.3) is 0 Å². The Morgan fingerprint density at radius 3 is 2.68 bits per heavy atom. The molecular formula is C14H20ClFN2O. The molecule has 0 unspecified atom stereocenters. The van der Waals surface area contributed by atoms with E-state index in [0.29, 0.717) is 18.8 Å². The minimum atomic E-state index is -0.317. The van der Waals surface area contributed by atoms with Crippen molar-refractivity contribution in [1.82, 2.24) is 5.32 Å². The van der Waals surface area contributed by atoms with E-state index in [9.17, 15) is 9.18 Å². The van der Waals surface area contributed by atoms with Crippen LogP contribution >= 0.6 is 12.4 Å². The van der Waals surface area contributed by atoms with Crippen molar-refractivity contribution < 1.29 is 9.18 Å². The van der Waals surface area contributed by atoms with Crippen LogP contribution < -0.4 is 11.1 Å². The number of hydrogen-bond donors (Lipinski definition) is 2. The second kappa shape index (κ2) is 7.46. The molecule has 19 heavy (non-hydrogen) atoms. The van der Waals surface area contributed by atoms with E-state index in [1.54, 1.807) is 6.07 Å². The fraction of sp³-hybridized carbons (Fsp3) is 0.500. The molecule has 0 aromatic heterocycles. The quantitative estimate of drug-likeness (QED) is 0.891. The van der Waals surface area contributed by atoms with Gasteiger partial charge in [-0.15, -0.1) is 12.4 Å². The number of carbonyl (C=O) groups excluding carboxylic acids is 1. The highest BCUT2D eigenvalue weighted by atomic mass is 35.5. The van der Waals surface area contributed by atoms with Crippen molar-refractivity contribution in [3.05, 3.63) is 35.1 Å². The van der Waals surface area contributed by atoms with Crippen molar-refractivity contribution in [1.29, 1.82) is 0 Å². The van der Waals surface area contributed by atoms with Gasteiger partial charge in [-0.1, -0.05) is 12.1 Å². The van der Waals surface area contributed by atoms with E-state index >= 15 is 0 Å². The van der Waals surface area contributed by atoms with Crippen LogP contribution in [-0.4, -0.2) is 19.0 Å². The Kier molecular flexibility index (Phi) is 6.25. The Morgan fingerprint density at radius 1 is 1.37 bits per heavy atom. The highest BCUT2D eigenvalue weighted by molar-refractivity contribution is 5.85. The Hall–Kier alpha value is -1.13. The van der Waals surface area contributed by atoms with E-state index in [-0.39, 0.29) is 24.1 Å². The number of nitrogens with one attached hydrogen (secondary N) is 1. The van der Waals surface area contributed by atoms with Crippen molar-refractivity contribution in [2.45, 2.75) is 31.6 Å². The zero-order valence-corrected chi connectivity index (χ0v) is 11.6. The normalized spacial score (nSPS) is 15.8. The lowest BCUT2D eigenvalue weighted by Gasteiger charge is -2.23. The van der Waals surface area contributed by atoms with Gasteiger partial charge in [0.15, 0.2) is 0 Å². The fourth-order valence-electron chi connectivity index (χ4n) is 2.46. The minimum absolute atomic E-state index is 0. The summed E-state index contributed by atoms with van der Waals surface area (Å²) in [7, 11) is 0. The molecular weight excluding hydrogens is 267 g/mol. The van der Waals surface area contributed by atoms with Crippen LogP contribution in [0.3, 0.4) is 0 Å². The van der Waals surface area contributed by atoms with Gasteiger partial charge in [-0.2, -0.15) is 0 Å². The molecule has 1 fully saturated rings. The third-order valence-electron chi connectivity index (χ3n) is 3.50. The van der Waals surface area contributed by atoms with E-state index in [0.717, 1.165) is 37.1 Å². The van der Waals surface area contributed by atoms with Gasteiger partial charge in [0.05, 0.1) is 0 Å². The van der Waals surface area contributed by atoms with Gasteiger partial charge in [-0.05, 0) is 55.5 Å². The van der Waals surface area contributed by atoms with Crippen molar-refractivity contribution >= 4 is 18.3 Å². The maximum atomic E-state index is 13.8. The van der Waals surface area contributed by atoms with Gasteiger partial charge in [-0.25, -0.2) is 4.39 Å². The molecule has 1 aromatic carbocycles. The molecule has 1 aliphatic heterocycles. The lowest BCUT2D eigenvalue weighted by atomic mass is 9.88. The Balaban J connectivity index is 0.00000180. The summed E-state index contributed by atoms with van der Waals surface area (Å²) in [6.07, 6.45) is 2.84. The largest absolute Gasteiger partial charge is 0.370 e. The predicted molar refractivity (Wildman–Crippen MR) is 76.0 cm³/mol. The Bertz CT molecular complexity index is 433. The molecule has 0 atom stereocenters. The number of rotatable bonds is 4. The van der Waals surface area contributed by atoms with Crippen LogP contribution in [0.1, 0.15) is 36.3 Å². The van der Waals surface area contributed by atoms with E-state index in [2.05, 4.69) is 5.32 Å². The van der Waals surface area contributed by atoms with Crippen LogP contribution in [-0.2, 0) is 11.2 Å². The van der Waals surface area contributed by atoms with Gasteiger partial charge in [0, 0.05) is 6.42 Å². The molecule has 3 N–H and O–H groups in total. The van der Waals surface area contributed by atoms with Crippen LogP contribution in [0.4, 0.5) is 4.39 Å². The lowest BCUT2D eigenvalue weighted by molar-refractivity contribution is -0.117. The molecule has 0 radical (unpaired) electrons. The SMILES string of the molecule is Cl.NC(=O)CCc1ccc(F)c(C2CCNCC2)c1. The average Bonchev–Trinajstić information content (AvgIpc) is 2.38. The van der Waals surface area contributed by atoms with E-state index in [4.69, 9.17) is 5.73 Å². The van der Waals surface area contributed by atoms with Gasteiger partial charge in [-0.3, -0.25) is 4.79 Å². The second-order valence-corrected chi connectivity index (χ2v) is 4.85. The zero-order valence-electron chi connectivity index (χ0n) is 10.8. The molecule has 0 bridgehead atoms. The number of nitrogens with two attached hydrogens (primary N) is 1. The smallest absolute Gasteiger partial charge is 0.217 e. The minimum Gasteiger partial charge on any atom is -0.370 e. The number of aryl methyl sites for hydroxylation is 1. The molecule has 2 rings (SSSR count). The summed E-state index contributed by atoms with van der Waals surface area (Å²) in [5.74, 6) is -0.160. The summed E-state index contributed by atoms with van der Waals surface area (Å²) < 4.78 is 13.8. The molecule has 106 valence electrons. The number of amides is 1. The van der Waals surface area contributed by atoms with Crippen molar-refractivity contribution in [2.75, 3.05) is 13.1 Å². The second-order valence-electron chi connectivity index (χ2n) is 4.85. The number of piperidine rings is 1. The Morgan fingerprint density at radius 2 is 2.05 bits per heavy atom. The van der Waals surface area contributed by atoms with Gasteiger partial charge in [0.1, 0.15) is 5.82 Å². The molecule has 1 saturated heterocycles. The average molecular weight is 287 g/mol. The number of halogens is 2. The maximum Gasteiger partial charge on any atom is 0.217 e. The van der Waals surface area contributed by atoms with Crippen molar-refractivity contribution in [2.24, 2.45) is 5.73 Å². The fourth-order valence-corrected chi connectivity index (χ4v) is 2.46. The van der Waals surface area contributed by atoms with Crippen LogP contribution in [0.15, 0.2) is 18.2 Å². The molecule has 0 spiro atoms. The lowest BCUT2D eigenvalue weighted by Crippen LogP contribution is -2.27. The topological polar surface area (TPSA) is 55.1 Å². The summed E-state index contributed by atoms with van der Waals surface area (Å²) in [5, 5.41) is 3.28. The van der Waals surface area contributed by atoms with Crippen molar-refractivity contribution in [3.8, 4) is 0 Å². The summed E-state index contributed by atoms with van der Waals surface area (Å²) in [4.78, 5) is 10.8. The van der Waals surface area contributed by atoms with E-state index in [1.165, 1.54) is 6.07 Å². The van der Waals surface area contributed by atoms with Crippen LogP contribution in [0.2, 0.25) is 0 Å². The molecule has 1 aliphatic rings. The van der Waals surface area contributed by atoms with E-state index in [1.807, 2.05) is 6.07 Å². The van der Waals surface area contributed by atoms with Gasteiger partial charge in [0.2, 0.25) is 5.91 Å². The summed E-state index contributed by atoms with van der Waals surface area (Å²) >= 11 is 0. The first-order valence-electron chi connectivity index (χ1n) is 6.44. The summed E-state index contributed by atoms with van der Waals surface area (Å²) in [6, 6.07) is 5.14. The first kappa shape index (κ1) is 15.9. The summed E-state index contributed by atoms with van der Waals surface area (Å²) in [5.41, 5.74) is 6.91. The van der Waals surface area contributed by atoms with E-state index < -0.39 is 0 Å². The molecule has 0 aliphatic carbocycles. The summed E-state index contributed by atoms with van der Waals surface area (Å²) in [6.45, 7) is 1.88. The number of hydrogen-bond acceptors (Lipinski definition) is 2. The number of benzene rings is 1. The third kappa shape index (κ3) is 4.48. The highest BCUT2D eigenvalue weighted by Crippen LogP contribution is 2.28. The molecule has 0 saturated carbocycles. The Labute approximate surface area is 119 Å². The zero-order chi connectivity index (χ0) is 13.0. The molecule has 5 heteroatoms. The molecule has 1 amide bonds. The molecule has 3 nitrogen and oxygen atoms in total. The monoisotopic (exact) mass is 286 g/mol. The van der Waals surface area contributed by atoms with Gasteiger partial charge >= 0.3 is 0 Å². The van der Waals surface area contributed by atoms with Gasteiger partial charge < -0.3 is 11.1 Å². The predicted octanol–water partition coefficient (Wildman–Crippen LogP) is 2.13. The number of primary amides is 1. The standard InChI is InChI=1S/C14H19FN2O.ClH/c15-13-3-1-10(2-4-14(16)18)9-12(13)11-5-7-17-8-6-11;/h1,3,9,11,17H,2,4-8H2,(H2,16,18);1H. The molecule has 1 heterocycles. The first-order valence-corrected chi connectivity index (χ1v) is 6.44. The number of carbonyl (C=O) groups is 1. The van der Waals surface area contributed by atoms with Crippen LogP contribution in [0.5, 0.6) is 0 Å². The van der Waals surface area contributed by atoms with Crippen molar-refractivity contribution in [3.63, 3.8) is 0 Å². The highest BCUT2D eigenvalue weighted by Gasteiger charge is 2.18. The third-order valence-corrected chi connectivity index (χ3v) is 3.50. The van der Waals surface area contributed by atoms with Crippen LogP contribution in [0.25, 0.3) is 0 Å². The first-order chi connectivity index (χ1) is 8.66.